The Kier molecular flexibility index (Phi) is 9.18. The summed E-state index contributed by atoms with van der Waals surface area (Å²) in [6.45, 7) is 4.94. The van der Waals surface area contributed by atoms with Crippen LogP contribution in [0, 0.1) is 12.8 Å². The number of hydrogen-bond acceptors (Lipinski definition) is 5. The third kappa shape index (κ3) is 7.44. The number of carbonyl (C=O) groups is 3. The van der Waals surface area contributed by atoms with E-state index in [0.717, 1.165) is 35.3 Å². The lowest BCUT2D eigenvalue weighted by Crippen LogP contribution is -2.56. The molecule has 0 saturated heterocycles. The molecule has 2 aliphatic rings. The molecule has 1 aliphatic heterocycles. The highest BCUT2D eigenvalue weighted by atomic mass is 16.5. The SMILES string of the molecule is Cc1ccc(CC2NC(=O)C(C)N(C)C(=O)C(C3CC3)NCCOc3cccc(c3)C=CCNC2=O)cc1. The van der Waals surface area contributed by atoms with Crippen LogP contribution in [0.1, 0.15) is 36.5 Å². The fraction of sp³-hybridized carbons (Fsp3) is 0.433. The second-order valence-corrected chi connectivity index (χ2v) is 10.2. The molecule has 2 aromatic carbocycles. The van der Waals surface area contributed by atoms with Crippen LogP contribution in [0.25, 0.3) is 6.08 Å². The van der Waals surface area contributed by atoms with E-state index in [2.05, 4.69) is 16.0 Å². The number of ether oxygens (including phenoxy) is 1. The van der Waals surface area contributed by atoms with Gasteiger partial charge in [0, 0.05) is 26.6 Å². The Hall–Kier alpha value is -3.65. The second kappa shape index (κ2) is 12.7. The molecule has 0 radical (unpaired) electrons. The van der Waals surface area contributed by atoms with E-state index in [4.69, 9.17) is 4.74 Å². The first-order valence-corrected chi connectivity index (χ1v) is 13.3. The zero-order valence-electron chi connectivity index (χ0n) is 22.4. The van der Waals surface area contributed by atoms with Crippen molar-refractivity contribution in [2.45, 2.75) is 51.2 Å². The average Bonchev–Trinajstić information content (AvgIpc) is 3.75. The van der Waals surface area contributed by atoms with Gasteiger partial charge >= 0.3 is 0 Å². The number of fused-ring (bicyclic) bond motifs is 2. The summed E-state index contributed by atoms with van der Waals surface area (Å²) in [7, 11) is 1.65. The smallest absolute Gasteiger partial charge is 0.243 e. The van der Waals surface area contributed by atoms with Gasteiger partial charge < -0.3 is 25.6 Å². The minimum absolute atomic E-state index is 0.126. The number of rotatable bonds is 3. The summed E-state index contributed by atoms with van der Waals surface area (Å²) >= 11 is 0. The highest BCUT2D eigenvalue weighted by molar-refractivity contribution is 5.93. The molecule has 1 heterocycles. The van der Waals surface area contributed by atoms with E-state index in [-0.39, 0.29) is 29.7 Å². The molecule has 3 unspecified atom stereocenters. The molecule has 1 aliphatic carbocycles. The topological polar surface area (TPSA) is 99.8 Å². The van der Waals surface area contributed by atoms with Crippen LogP contribution in [0.15, 0.2) is 54.6 Å². The van der Waals surface area contributed by atoms with Gasteiger partial charge in [0.25, 0.3) is 0 Å². The van der Waals surface area contributed by atoms with E-state index in [1.165, 1.54) is 4.90 Å². The van der Waals surface area contributed by atoms with Crippen molar-refractivity contribution in [1.29, 1.82) is 0 Å². The predicted molar refractivity (Wildman–Crippen MR) is 148 cm³/mol. The molecule has 3 amide bonds. The Balaban J connectivity index is 1.56. The van der Waals surface area contributed by atoms with E-state index in [1.54, 1.807) is 14.0 Å². The van der Waals surface area contributed by atoms with Gasteiger partial charge in [0.15, 0.2) is 0 Å². The molecule has 0 spiro atoms. The summed E-state index contributed by atoms with van der Waals surface area (Å²) < 4.78 is 5.90. The van der Waals surface area contributed by atoms with Crippen molar-refractivity contribution in [2.75, 3.05) is 26.7 Å². The number of hydrogen-bond donors (Lipinski definition) is 3. The zero-order chi connectivity index (χ0) is 27.1. The minimum atomic E-state index is -0.777. The summed E-state index contributed by atoms with van der Waals surface area (Å²) in [4.78, 5) is 41.3. The lowest BCUT2D eigenvalue weighted by Gasteiger charge is -2.30. The molecule has 38 heavy (non-hydrogen) atoms. The molecule has 202 valence electrons. The van der Waals surface area contributed by atoms with Gasteiger partial charge in [0.1, 0.15) is 24.4 Å². The van der Waals surface area contributed by atoms with E-state index >= 15 is 0 Å². The number of nitrogens with zero attached hydrogens (tertiary/aromatic N) is 1. The van der Waals surface area contributed by atoms with Crippen LogP contribution in [0.4, 0.5) is 0 Å². The van der Waals surface area contributed by atoms with Gasteiger partial charge in [-0.25, -0.2) is 0 Å². The number of aryl methyl sites for hydroxylation is 1. The van der Waals surface area contributed by atoms with Crippen LogP contribution in [0.5, 0.6) is 5.75 Å². The fourth-order valence-electron chi connectivity index (χ4n) is 4.50. The third-order valence-electron chi connectivity index (χ3n) is 7.16. The van der Waals surface area contributed by atoms with Crippen molar-refractivity contribution in [3.63, 3.8) is 0 Å². The van der Waals surface area contributed by atoms with Crippen molar-refractivity contribution < 1.29 is 19.1 Å². The highest BCUT2D eigenvalue weighted by Gasteiger charge is 2.39. The predicted octanol–water partition coefficient (Wildman–Crippen LogP) is 2.46. The van der Waals surface area contributed by atoms with Crippen molar-refractivity contribution in [3.8, 4) is 5.75 Å². The summed E-state index contributed by atoms with van der Waals surface area (Å²) in [5.74, 6) is 0.221. The van der Waals surface area contributed by atoms with Gasteiger partial charge in [-0.2, -0.15) is 0 Å². The van der Waals surface area contributed by atoms with Crippen molar-refractivity contribution in [2.24, 2.45) is 5.92 Å². The van der Waals surface area contributed by atoms with Crippen molar-refractivity contribution in [3.05, 3.63) is 71.3 Å². The lowest BCUT2D eigenvalue weighted by atomic mass is 10.0. The van der Waals surface area contributed by atoms with Gasteiger partial charge in [0.05, 0.1) is 6.04 Å². The number of amides is 3. The van der Waals surface area contributed by atoms with Gasteiger partial charge in [-0.15, -0.1) is 0 Å². The van der Waals surface area contributed by atoms with Crippen LogP contribution in [-0.4, -0.2) is 67.5 Å². The first kappa shape index (κ1) is 27.4. The Bertz CT molecular complexity index is 1160. The Morgan fingerprint density at radius 2 is 1.79 bits per heavy atom. The molecule has 1 saturated carbocycles. The van der Waals surface area contributed by atoms with E-state index in [9.17, 15) is 14.4 Å². The molecule has 1 fully saturated rings. The summed E-state index contributed by atoms with van der Waals surface area (Å²) in [6, 6.07) is 13.7. The van der Waals surface area contributed by atoms with Gasteiger partial charge in [-0.1, -0.05) is 54.1 Å². The average molecular weight is 519 g/mol. The first-order chi connectivity index (χ1) is 18.3. The normalized spacial score (nSPS) is 23.9. The molecular weight excluding hydrogens is 480 g/mol. The monoisotopic (exact) mass is 518 g/mol. The standard InChI is InChI=1S/C30H38N4O4/c1-20-9-11-23(12-10-20)19-26-29(36)32-15-5-7-22-6-4-8-25(18-22)38-17-16-31-27(24-13-14-24)30(37)34(3)21(2)28(35)33-26/h4-12,18,21,24,26-27,31H,13-17,19H2,1-3H3,(H,32,36)(H,33,35). The first-order valence-electron chi connectivity index (χ1n) is 13.3. The third-order valence-corrected chi connectivity index (χ3v) is 7.16. The molecule has 3 atom stereocenters. The molecule has 4 rings (SSSR count). The van der Waals surface area contributed by atoms with E-state index in [0.29, 0.717) is 26.1 Å². The van der Waals surface area contributed by atoms with Gasteiger partial charge in [-0.3, -0.25) is 14.4 Å². The Morgan fingerprint density at radius 3 is 2.53 bits per heavy atom. The van der Waals surface area contributed by atoms with Crippen LogP contribution in [0.2, 0.25) is 0 Å². The van der Waals surface area contributed by atoms with Crippen LogP contribution in [-0.2, 0) is 20.8 Å². The second-order valence-electron chi connectivity index (χ2n) is 10.2. The van der Waals surface area contributed by atoms with Crippen LogP contribution >= 0.6 is 0 Å². The molecule has 3 N–H and O–H groups in total. The van der Waals surface area contributed by atoms with Crippen molar-refractivity contribution >= 4 is 23.8 Å². The number of nitrogens with one attached hydrogen (secondary N) is 3. The number of likely N-dealkylation sites (N-methyl/N-ethyl adjacent to an activating group) is 1. The number of carbonyl (C=O) groups excluding carboxylic acids is 3. The maximum atomic E-state index is 13.4. The summed E-state index contributed by atoms with van der Waals surface area (Å²) in [6.07, 6.45) is 6.09. The molecule has 8 nitrogen and oxygen atoms in total. The maximum absolute atomic E-state index is 13.4. The Morgan fingerprint density at radius 1 is 1.03 bits per heavy atom. The molecule has 0 aromatic heterocycles. The summed E-state index contributed by atoms with van der Waals surface area (Å²) in [5.41, 5.74) is 3.01. The van der Waals surface area contributed by atoms with E-state index < -0.39 is 12.1 Å². The minimum Gasteiger partial charge on any atom is -0.492 e. The highest BCUT2D eigenvalue weighted by Crippen LogP contribution is 2.33. The quantitative estimate of drug-likeness (QED) is 0.580. The Labute approximate surface area is 224 Å². The largest absolute Gasteiger partial charge is 0.492 e. The molecule has 8 heteroatoms. The van der Waals surface area contributed by atoms with Gasteiger partial charge in [-0.05, 0) is 55.9 Å². The molecule has 2 bridgehead atoms. The lowest BCUT2D eigenvalue weighted by molar-refractivity contribution is -0.141. The van der Waals surface area contributed by atoms with Crippen LogP contribution < -0.4 is 20.7 Å². The maximum Gasteiger partial charge on any atom is 0.243 e. The van der Waals surface area contributed by atoms with Crippen molar-refractivity contribution in [1.82, 2.24) is 20.9 Å². The fourth-order valence-corrected chi connectivity index (χ4v) is 4.50. The van der Waals surface area contributed by atoms with Gasteiger partial charge in [0.2, 0.25) is 17.7 Å². The van der Waals surface area contributed by atoms with Crippen LogP contribution in [0.3, 0.4) is 0 Å². The molecular formula is C30H38N4O4. The number of benzene rings is 2. The van der Waals surface area contributed by atoms with E-state index in [1.807, 2.05) is 67.6 Å². The summed E-state index contributed by atoms with van der Waals surface area (Å²) in [5, 5.41) is 9.16. The zero-order valence-corrected chi connectivity index (χ0v) is 22.4. The molecule has 2 aromatic rings.